The van der Waals surface area contributed by atoms with Gasteiger partial charge in [0.1, 0.15) is 5.78 Å². The van der Waals surface area contributed by atoms with Crippen LogP contribution in [0.5, 0.6) is 0 Å². The Balaban J connectivity index is 2.33. The minimum Gasteiger partial charge on any atom is -0.299 e. The zero-order chi connectivity index (χ0) is 19.6. The summed E-state index contributed by atoms with van der Waals surface area (Å²) in [6, 6.07) is 21.2. The third kappa shape index (κ3) is 3.56. The van der Waals surface area contributed by atoms with Gasteiger partial charge in [0.2, 0.25) is 0 Å². The van der Waals surface area contributed by atoms with Gasteiger partial charge in [0.05, 0.1) is 0 Å². The van der Waals surface area contributed by atoms with E-state index in [1.807, 2.05) is 6.92 Å². The maximum absolute atomic E-state index is 12.8. The van der Waals surface area contributed by atoms with Gasteiger partial charge >= 0.3 is 0 Å². The summed E-state index contributed by atoms with van der Waals surface area (Å²) >= 11 is 0. The van der Waals surface area contributed by atoms with Crippen LogP contribution in [0.15, 0.2) is 77.4 Å². The van der Waals surface area contributed by atoms with Gasteiger partial charge in [0, 0.05) is 12.3 Å². The zero-order valence-corrected chi connectivity index (χ0v) is 17.2. The summed E-state index contributed by atoms with van der Waals surface area (Å²) in [6.45, 7) is 10.8. The molecule has 0 aliphatic heterocycles. The second-order valence-corrected chi connectivity index (χ2v) is 8.26. The summed E-state index contributed by atoms with van der Waals surface area (Å²) in [5, 5.41) is 0. The zero-order valence-electron chi connectivity index (χ0n) is 17.2. The Morgan fingerprint density at radius 1 is 0.926 bits per heavy atom. The van der Waals surface area contributed by atoms with Crippen molar-refractivity contribution in [2.45, 2.75) is 47.5 Å². The van der Waals surface area contributed by atoms with Crippen LogP contribution in [0, 0.1) is 11.3 Å². The van der Waals surface area contributed by atoms with E-state index in [0.717, 1.165) is 6.42 Å². The molecular formula is C26H30O. The molecule has 0 spiro atoms. The predicted octanol–water partition coefficient (Wildman–Crippen LogP) is 6.85. The average molecular weight is 359 g/mol. The summed E-state index contributed by atoms with van der Waals surface area (Å²) < 4.78 is 0. The summed E-state index contributed by atoms with van der Waals surface area (Å²) in [5.74, 6) is 0.416. The number of carbonyl (C=O) groups is 1. The minimum atomic E-state index is -0.143. The number of hydrogen-bond acceptors (Lipinski definition) is 1. The molecule has 1 fully saturated rings. The van der Waals surface area contributed by atoms with Crippen molar-refractivity contribution in [2.24, 2.45) is 11.3 Å². The summed E-state index contributed by atoms with van der Waals surface area (Å²) in [6.07, 6.45) is 1.42. The SMILES string of the molecule is CCC(=O)C1CC(=C(c2ccccc2)c2ccccc2)C(=C(C)C)C1(C)C. The van der Waals surface area contributed by atoms with Gasteiger partial charge in [0.25, 0.3) is 0 Å². The Morgan fingerprint density at radius 2 is 1.41 bits per heavy atom. The molecule has 1 aliphatic carbocycles. The molecule has 1 unspecified atom stereocenters. The van der Waals surface area contributed by atoms with Crippen molar-refractivity contribution < 1.29 is 4.79 Å². The van der Waals surface area contributed by atoms with Crippen LogP contribution in [0.1, 0.15) is 58.6 Å². The lowest BCUT2D eigenvalue weighted by Crippen LogP contribution is -2.26. The fourth-order valence-electron chi connectivity index (χ4n) is 4.79. The van der Waals surface area contributed by atoms with E-state index in [2.05, 4.69) is 88.4 Å². The molecule has 0 aromatic heterocycles. The lowest BCUT2D eigenvalue weighted by Gasteiger charge is -2.28. The summed E-state index contributed by atoms with van der Waals surface area (Å²) in [4.78, 5) is 12.8. The highest BCUT2D eigenvalue weighted by molar-refractivity contribution is 5.90. The fraction of sp³-hybridized carbons (Fsp3) is 0.346. The maximum atomic E-state index is 12.8. The van der Waals surface area contributed by atoms with E-state index in [9.17, 15) is 4.79 Å². The van der Waals surface area contributed by atoms with Crippen LogP contribution < -0.4 is 0 Å². The third-order valence-electron chi connectivity index (χ3n) is 5.89. The fourth-order valence-corrected chi connectivity index (χ4v) is 4.79. The van der Waals surface area contributed by atoms with Gasteiger partial charge in [-0.3, -0.25) is 4.79 Å². The van der Waals surface area contributed by atoms with Crippen LogP contribution in [0.3, 0.4) is 0 Å². The van der Waals surface area contributed by atoms with E-state index >= 15 is 0 Å². The van der Waals surface area contributed by atoms with Crippen LogP contribution >= 0.6 is 0 Å². The van der Waals surface area contributed by atoms with E-state index in [-0.39, 0.29) is 11.3 Å². The number of ketones is 1. The van der Waals surface area contributed by atoms with Gasteiger partial charge in [-0.1, -0.05) is 87.0 Å². The van der Waals surface area contributed by atoms with Crippen molar-refractivity contribution in [1.82, 2.24) is 0 Å². The molecule has 140 valence electrons. The number of benzene rings is 2. The molecule has 2 aromatic rings. The van der Waals surface area contributed by atoms with E-state index in [1.54, 1.807) is 0 Å². The number of Topliss-reactive ketones (excluding diaryl/α,β-unsaturated/α-hetero) is 1. The molecule has 1 aliphatic rings. The molecule has 0 saturated heterocycles. The van der Waals surface area contributed by atoms with Crippen molar-refractivity contribution in [2.75, 3.05) is 0 Å². The Hall–Kier alpha value is -2.41. The molecule has 0 amide bonds. The molecule has 0 N–H and O–H groups in total. The number of allylic oxidation sites excluding steroid dienone is 3. The van der Waals surface area contributed by atoms with Crippen molar-refractivity contribution >= 4 is 11.4 Å². The first-order valence-corrected chi connectivity index (χ1v) is 9.93. The van der Waals surface area contributed by atoms with Crippen LogP contribution in [0.25, 0.3) is 5.57 Å². The van der Waals surface area contributed by atoms with E-state index < -0.39 is 0 Å². The van der Waals surface area contributed by atoms with Crippen LogP contribution in [0.4, 0.5) is 0 Å². The quantitative estimate of drug-likeness (QED) is 0.584. The number of hydrogen-bond donors (Lipinski definition) is 0. The molecule has 0 heterocycles. The van der Waals surface area contributed by atoms with Crippen molar-refractivity contribution in [3.8, 4) is 0 Å². The first kappa shape index (κ1) is 19.4. The highest BCUT2D eigenvalue weighted by atomic mass is 16.1. The highest BCUT2D eigenvalue weighted by Crippen LogP contribution is 2.54. The normalized spacial score (nSPS) is 18.5. The van der Waals surface area contributed by atoms with Crippen LogP contribution in [-0.4, -0.2) is 5.78 Å². The Kier molecular flexibility index (Phi) is 5.51. The molecule has 27 heavy (non-hydrogen) atoms. The van der Waals surface area contributed by atoms with Gasteiger partial charge in [-0.25, -0.2) is 0 Å². The summed E-state index contributed by atoms with van der Waals surface area (Å²) in [7, 11) is 0. The monoisotopic (exact) mass is 358 g/mol. The van der Waals surface area contributed by atoms with Crippen LogP contribution in [0.2, 0.25) is 0 Å². The second-order valence-electron chi connectivity index (χ2n) is 8.26. The van der Waals surface area contributed by atoms with Gasteiger partial charge < -0.3 is 0 Å². The largest absolute Gasteiger partial charge is 0.299 e. The molecule has 1 heteroatoms. The van der Waals surface area contributed by atoms with Crippen molar-refractivity contribution in [1.29, 1.82) is 0 Å². The number of rotatable bonds is 4. The Labute approximate surface area is 163 Å². The Morgan fingerprint density at radius 3 is 1.81 bits per heavy atom. The van der Waals surface area contributed by atoms with E-state index in [1.165, 1.54) is 33.4 Å². The number of carbonyl (C=O) groups excluding carboxylic acids is 1. The molecule has 2 aromatic carbocycles. The van der Waals surface area contributed by atoms with Gasteiger partial charge in [-0.15, -0.1) is 0 Å². The first-order valence-electron chi connectivity index (χ1n) is 9.93. The summed E-state index contributed by atoms with van der Waals surface area (Å²) in [5.41, 5.74) is 7.57. The lowest BCUT2D eigenvalue weighted by molar-refractivity contribution is -0.124. The molecule has 1 nitrogen and oxygen atoms in total. The van der Waals surface area contributed by atoms with Crippen molar-refractivity contribution in [3.05, 3.63) is 88.5 Å². The Bertz CT molecular complexity index is 837. The van der Waals surface area contributed by atoms with Gasteiger partial charge in [-0.2, -0.15) is 0 Å². The minimum absolute atomic E-state index is 0.0461. The van der Waals surface area contributed by atoms with Crippen molar-refractivity contribution in [3.63, 3.8) is 0 Å². The van der Waals surface area contributed by atoms with E-state index in [4.69, 9.17) is 0 Å². The molecule has 0 bridgehead atoms. The molecule has 1 saturated carbocycles. The maximum Gasteiger partial charge on any atom is 0.136 e. The third-order valence-corrected chi connectivity index (χ3v) is 5.89. The van der Waals surface area contributed by atoms with E-state index in [0.29, 0.717) is 12.2 Å². The second kappa shape index (κ2) is 7.68. The topological polar surface area (TPSA) is 17.1 Å². The average Bonchev–Trinajstić information content (AvgIpc) is 2.94. The smallest absolute Gasteiger partial charge is 0.136 e. The first-order chi connectivity index (χ1) is 12.9. The highest BCUT2D eigenvalue weighted by Gasteiger charge is 2.46. The predicted molar refractivity (Wildman–Crippen MR) is 114 cm³/mol. The molecule has 0 radical (unpaired) electrons. The lowest BCUT2D eigenvalue weighted by atomic mass is 9.74. The van der Waals surface area contributed by atoms with Gasteiger partial charge in [0.15, 0.2) is 0 Å². The van der Waals surface area contributed by atoms with Crippen LogP contribution in [-0.2, 0) is 4.79 Å². The molecule has 3 rings (SSSR count). The van der Waals surface area contributed by atoms with Gasteiger partial charge in [-0.05, 0) is 53.5 Å². The standard InChI is InChI=1S/C26H30O/c1-6-23(27)22-17-21(25(18(2)3)26(22,4)5)24(19-13-9-7-10-14-19)20-15-11-8-12-16-20/h7-16,22H,6,17H2,1-5H3. The molecule has 1 atom stereocenters. The molecular weight excluding hydrogens is 328 g/mol.